The zero-order valence-corrected chi connectivity index (χ0v) is 11.0. The van der Waals surface area contributed by atoms with E-state index in [1.165, 1.54) is 5.56 Å². The topological polar surface area (TPSA) is 77.6 Å². The van der Waals surface area contributed by atoms with Crippen LogP contribution in [0.1, 0.15) is 24.2 Å². The summed E-state index contributed by atoms with van der Waals surface area (Å²) in [5.41, 5.74) is 1.97. The van der Waals surface area contributed by atoms with Crippen molar-refractivity contribution in [2.45, 2.75) is 19.3 Å². The van der Waals surface area contributed by atoms with E-state index in [1.807, 2.05) is 12.1 Å². The van der Waals surface area contributed by atoms with Crippen LogP contribution < -0.4 is 0 Å². The van der Waals surface area contributed by atoms with Crippen LogP contribution in [0.5, 0.6) is 0 Å². The highest BCUT2D eigenvalue weighted by Crippen LogP contribution is 2.17. The van der Waals surface area contributed by atoms with Crippen molar-refractivity contribution in [3.8, 4) is 11.4 Å². The molecular formula is C14H13N5O. The molecule has 0 unspecified atom stereocenters. The van der Waals surface area contributed by atoms with Gasteiger partial charge in [0, 0.05) is 18.3 Å². The van der Waals surface area contributed by atoms with Gasteiger partial charge < -0.3 is 4.42 Å². The third-order valence-corrected chi connectivity index (χ3v) is 3.01. The number of hydrogen-bond donors (Lipinski definition) is 0. The smallest absolute Gasteiger partial charge is 0.206 e. The lowest BCUT2D eigenvalue weighted by Crippen LogP contribution is -2.08. The minimum atomic E-state index is 0.149. The zero-order chi connectivity index (χ0) is 13.8. The maximum Gasteiger partial charge on any atom is 0.206 e. The van der Waals surface area contributed by atoms with Gasteiger partial charge in [-0.15, -0.1) is 20.4 Å². The molecule has 0 bridgehead atoms. The second-order valence-corrected chi connectivity index (χ2v) is 4.55. The Balaban J connectivity index is 1.74. The average Bonchev–Trinajstić information content (AvgIpc) is 3.03. The third-order valence-electron chi connectivity index (χ3n) is 3.01. The highest BCUT2D eigenvalue weighted by molar-refractivity contribution is 5.50. The summed E-state index contributed by atoms with van der Waals surface area (Å²) in [6.07, 6.45) is 7.52. The van der Waals surface area contributed by atoms with Crippen LogP contribution in [-0.2, 0) is 6.42 Å². The maximum atomic E-state index is 4.98. The van der Waals surface area contributed by atoms with Crippen molar-refractivity contribution in [3.05, 3.63) is 54.5 Å². The largest absolute Gasteiger partial charge is 0.472 e. The van der Waals surface area contributed by atoms with Crippen molar-refractivity contribution in [1.29, 1.82) is 0 Å². The molecule has 3 aromatic rings. The second-order valence-electron chi connectivity index (χ2n) is 4.55. The number of aromatic nitrogens is 5. The van der Waals surface area contributed by atoms with Gasteiger partial charge in [-0.2, -0.15) is 0 Å². The minimum Gasteiger partial charge on any atom is -0.472 e. The molecule has 1 atom stereocenters. The molecule has 0 fully saturated rings. The van der Waals surface area contributed by atoms with E-state index in [4.69, 9.17) is 4.42 Å². The summed E-state index contributed by atoms with van der Waals surface area (Å²) in [7, 11) is 0. The van der Waals surface area contributed by atoms with Crippen LogP contribution in [0.4, 0.5) is 0 Å². The van der Waals surface area contributed by atoms with Gasteiger partial charge in [0.05, 0.1) is 11.8 Å². The van der Waals surface area contributed by atoms with Crippen LogP contribution in [0, 0.1) is 0 Å². The molecule has 0 amide bonds. The molecule has 100 valence electrons. The van der Waals surface area contributed by atoms with Crippen LogP contribution in [0.25, 0.3) is 11.4 Å². The quantitative estimate of drug-likeness (QED) is 0.721. The fourth-order valence-corrected chi connectivity index (χ4v) is 1.91. The summed E-state index contributed by atoms with van der Waals surface area (Å²) in [5.74, 6) is 1.25. The molecule has 0 N–H and O–H groups in total. The van der Waals surface area contributed by atoms with Gasteiger partial charge in [0.15, 0.2) is 5.82 Å². The molecule has 20 heavy (non-hydrogen) atoms. The Labute approximate surface area is 115 Å². The summed E-state index contributed by atoms with van der Waals surface area (Å²) in [6, 6.07) is 5.74. The van der Waals surface area contributed by atoms with E-state index in [0.29, 0.717) is 11.6 Å². The number of hydrogen-bond acceptors (Lipinski definition) is 6. The van der Waals surface area contributed by atoms with Gasteiger partial charge in [0.25, 0.3) is 0 Å². The Hall–Kier alpha value is -2.63. The Kier molecular flexibility index (Phi) is 3.45. The molecule has 6 heteroatoms. The molecule has 6 nitrogen and oxygen atoms in total. The lowest BCUT2D eigenvalue weighted by atomic mass is 10.0. The summed E-state index contributed by atoms with van der Waals surface area (Å²) in [6.45, 7) is 2.05. The van der Waals surface area contributed by atoms with E-state index in [-0.39, 0.29) is 5.92 Å². The molecule has 0 spiro atoms. The first-order valence-corrected chi connectivity index (χ1v) is 6.31. The lowest BCUT2D eigenvalue weighted by Gasteiger charge is -2.08. The molecule has 0 saturated heterocycles. The predicted octanol–water partition coefficient (Wildman–Crippen LogP) is 2.27. The molecule has 3 rings (SSSR count). The highest BCUT2D eigenvalue weighted by Gasteiger charge is 2.12. The van der Waals surface area contributed by atoms with Crippen molar-refractivity contribution in [3.63, 3.8) is 0 Å². The Morgan fingerprint density at radius 1 is 1.05 bits per heavy atom. The molecule has 3 aromatic heterocycles. The fourth-order valence-electron chi connectivity index (χ4n) is 1.91. The fraction of sp³-hybridized carbons (Fsp3) is 0.214. The Morgan fingerprint density at radius 3 is 2.45 bits per heavy atom. The molecule has 0 saturated carbocycles. The monoisotopic (exact) mass is 267 g/mol. The van der Waals surface area contributed by atoms with Crippen molar-refractivity contribution in [1.82, 2.24) is 25.4 Å². The van der Waals surface area contributed by atoms with Crippen molar-refractivity contribution in [2.75, 3.05) is 0 Å². The van der Waals surface area contributed by atoms with Crippen molar-refractivity contribution in [2.24, 2.45) is 0 Å². The summed E-state index contributed by atoms with van der Waals surface area (Å²) in [5, 5.41) is 16.5. The van der Waals surface area contributed by atoms with Crippen LogP contribution in [0.15, 0.2) is 47.5 Å². The van der Waals surface area contributed by atoms with Crippen LogP contribution in [-0.4, -0.2) is 25.4 Å². The number of furan rings is 1. The van der Waals surface area contributed by atoms with E-state index in [1.54, 1.807) is 31.0 Å². The van der Waals surface area contributed by atoms with Crippen LogP contribution >= 0.6 is 0 Å². The van der Waals surface area contributed by atoms with E-state index >= 15 is 0 Å². The standard InChI is InChI=1S/C14H13N5O/c1-10(8-11-2-5-15-6-3-11)13-16-18-14(19-17-13)12-4-7-20-9-12/h2-7,9-10H,8H2,1H3/t10-/m0/s1. The second kappa shape index (κ2) is 5.56. The van der Waals surface area contributed by atoms with Gasteiger partial charge >= 0.3 is 0 Å². The van der Waals surface area contributed by atoms with E-state index in [9.17, 15) is 0 Å². The first kappa shape index (κ1) is 12.4. The minimum absolute atomic E-state index is 0.149. The number of rotatable bonds is 4. The first-order valence-electron chi connectivity index (χ1n) is 6.31. The third kappa shape index (κ3) is 2.69. The summed E-state index contributed by atoms with van der Waals surface area (Å²) >= 11 is 0. The SMILES string of the molecule is C[C@@H](Cc1ccncc1)c1nnc(-c2ccoc2)nn1. The number of pyridine rings is 1. The van der Waals surface area contributed by atoms with Crippen molar-refractivity contribution < 1.29 is 4.42 Å². The lowest BCUT2D eigenvalue weighted by molar-refractivity contribution is 0.567. The first-order chi connectivity index (χ1) is 9.83. The van der Waals surface area contributed by atoms with Gasteiger partial charge in [0.1, 0.15) is 6.26 Å². The van der Waals surface area contributed by atoms with Crippen LogP contribution in [0.2, 0.25) is 0 Å². The van der Waals surface area contributed by atoms with Gasteiger partial charge in [-0.25, -0.2) is 0 Å². The van der Waals surface area contributed by atoms with Gasteiger partial charge in [-0.05, 0) is 30.2 Å². The summed E-state index contributed by atoms with van der Waals surface area (Å²) in [4.78, 5) is 4.00. The molecule has 0 aromatic carbocycles. The van der Waals surface area contributed by atoms with Gasteiger partial charge in [-0.1, -0.05) is 6.92 Å². The van der Waals surface area contributed by atoms with Gasteiger partial charge in [-0.3, -0.25) is 4.98 Å². The summed E-state index contributed by atoms with van der Waals surface area (Å²) < 4.78 is 4.98. The molecule has 0 radical (unpaired) electrons. The predicted molar refractivity (Wildman–Crippen MR) is 71.7 cm³/mol. The molecule has 3 heterocycles. The Morgan fingerprint density at radius 2 is 1.80 bits per heavy atom. The van der Waals surface area contributed by atoms with E-state index in [2.05, 4.69) is 32.3 Å². The van der Waals surface area contributed by atoms with Gasteiger partial charge in [0.2, 0.25) is 5.82 Å². The van der Waals surface area contributed by atoms with Crippen LogP contribution in [0.3, 0.4) is 0 Å². The maximum absolute atomic E-state index is 4.98. The normalized spacial score (nSPS) is 12.2. The van der Waals surface area contributed by atoms with Crippen molar-refractivity contribution >= 4 is 0 Å². The molecular weight excluding hydrogens is 254 g/mol. The Bertz CT molecular complexity index is 652. The highest BCUT2D eigenvalue weighted by atomic mass is 16.3. The average molecular weight is 267 g/mol. The van der Waals surface area contributed by atoms with E-state index < -0.39 is 0 Å². The molecule has 0 aliphatic rings. The zero-order valence-electron chi connectivity index (χ0n) is 11.0. The molecule has 0 aliphatic carbocycles. The van der Waals surface area contributed by atoms with E-state index in [0.717, 1.165) is 12.0 Å². The molecule has 0 aliphatic heterocycles. The number of nitrogens with zero attached hydrogens (tertiary/aromatic N) is 5.